The van der Waals surface area contributed by atoms with Crippen molar-refractivity contribution in [3.63, 3.8) is 0 Å². The maximum absolute atomic E-state index is 4.33. The van der Waals surface area contributed by atoms with E-state index in [2.05, 4.69) is 32.3 Å². The van der Waals surface area contributed by atoms with E-state index in [1.54, 1.807) is 0 Å². The average molecular weight is 301 g/mol. The first kappa shape index (κ1) is 12.4. The largest absolute Gasteiger partial charge is 0.314 e. The molecule has 0 saturated heterocycles. The highest BCUT2D eigenvalue weighted by Gasteiger charge is 2.19. The Labute approximate surface area is 110 Å². The maximum atomic E-state index is 4.33. The summed E-state index contributed by atoms with van der Waals surface area (Å²) in [7, 11) is 0. The molecule has 0 atom stereocenters. The van der Waals surface area contributed by atoms with E-state index in [9.17, 15) is 0 Å². The first-order valence-corrected chi connectivity index (χ1v) is 7.60. The van der Waals surface area contributed by atoms with Crippen LogP contribution in [-0.4, -0.2) is 23.3 Å². The Kier molecular flexibility index (Phi) is 5.13. The average Bonchev–Trinajstić information content (AvgIpc) is 3.10. The van der Waals surface area contributed by atoms with Crippen molar-refractivity contribution >= 4 is 27.7 Å². The van der Waals surface area contributed by atoms with Gasteiger partial charge in [-0.15, -0.1) is 11.8 Å². The van der Waals surface area contributed by atoms with Crippen molar-refractivity contribution in [1.29, 1.82) is 0 Å². The lowest BCUT2D eigenvalue weighted by Gasteiger charge is -2.02. The second kappa shape index (κ2) is 6.62. The molecule has 0 radical (unpaired) electrons. The van der Waals surface area contributed by atoms with Crippen LogP contribution >= 0.6 is 27.7 Å². The normalized spacial score (nSPS) is 15.3. The Morgan fingerprint density at radius 3 is 2.94 bits per heavy atom. The SMILES string of the molecule is Brc1ccc(SCCCCNC2CC2)nc1. The van der Waals surface area contributed by atoms with Gasteiger partial charge in [-0.2, -0.15) is 0 Å². The third-order valence-electron chi connectivity index (χ3n) is 2.53. The number of rotatable bonds is 7. The second-order valence-corrected chi connectivity index (χ2v) is 6.13. The molecule has 0 aliphatic heterocycles. The fourth-order valence-corrected chi connectivity index (χ4v) is 2.53. The summed E-state index contributed by atoms with van der Waals surface area (Å²) in [6, 6.07) is 4.96. The van der Waals surface area contributed by atoms with Crippen LogP contribution in [0.2, 0.25) is 0 Å². The summed E-state index contributed by atoms with van der Waals surface area (Å²) in [6.45, 7) is 1.18. The predicted molar refractivity (Wildman–Crippen MR) is 72.9 cm³/mol. The lowest BCUT2D eigenvalue weighted by Crippen LogP contribution is -2.17. The molecule has 1 N–H and O–H groups in total. The molecule has 2 rings (SSSR count). The Morgan fingerprint density at radius 2 is 2.25 bits per heavy atom. The smallest absolute Gasteiger partial charge is 0.0960 e. The van der Waals surface area contributed by atoms with Gasteiger partial charge in [0.15, 0.2) is 0 Å². The van der Waals surface area contributed by atoms with Crippen molar-refractivity contribution in [3.05, 3.63) is 22.8 Å². The standard InChI is InChI=1S/C12H17BrN2S/c13-10-3-6-12(15-9-10)16-8-2-1-7-14-11-4-5-11/h3,6,9,11,14H,1-2,4-5,7-8H2. The second-order valence-electron chi connectivity index (χ2n) is 4.10. The van der Waals surface area contributed by atoms with Gasteiger partial charge in [0.1, 0.15) is 0 Å². The van der Waals surface area contributed by atoms with E-state index in [1.165, 1.54) is 38.0 Å². The Hall–Kier alpha value is -0.0600. The molecule has 1 aromatic heterocycles. The highest BCUT2D eigenvalue weighted by atomic mass is 79.9. The molecule has 0 amide bonds. The molecule has 0 aromatic carbocycles. The molecule has 1 aliphatic rings. The first-order valence-electron chi connectivity index (χ1n) is 5.82. The topological polar surface area (TPSA) is 24.9 Å². The Balaban J connectivity index is 1.51. The van der Waals surface area contributed by atoms with Crippen molar-refractivity contribution < 1.29 is 0 Å². The summed E-state index contributed by atoms with van der Waals surface area (Å²) >= 11 is 5.23. The van der Waals surface area contributed by atoms with Crippen LogP contribution in [0.3, 0.4) is 0 Å². The zero-order valence-corrected chi connectivity index (χ0v) is 11.7. The molecule has 1 aromatic rings. The van der Waals surface area contributed by atoms with Crippen LogP contribution in [0.25, 0.3) is 0 Å². The van der Waals surface area contributed by atoms with Gasteiger partial charge < -0.3 is 5.32 Å². The summed E-state index contributed by atoms with van der Waals surface area (Å²) in [5.41, 5.74) is 0. The van der Waals surface area contributed by atoms with Crippen LogP contribution in [0.5, 0.6) is 0 Å². The minimum absolute atomic E-state index is 0.848. The number of pyridine rings is 1. The molecule has 2 nitrogen and oxygen atoms in total. The van der Waals surface area contributed by atoms with Crippen LogP contribution in [0, 0.1) is 0 Å². The molecule has 0 unspecified atom stereocenters. The van der Waals surface area contributed by atoms with Crippen molar-refractivity contribution in [2.24, 2.45) is 0 Å². The third-order valence-corrected chi connectivity index (χ3v) is 4.03. The molecule has 1 fully saturated rings. The van der Waals surface area contributed by atoms with Gasteiger partial charge in [-0.05, 0) is 66.0 Å². The minimum Gasteiger partial charge on any atom is -0.314 e. The lowest BCUT2D eigenvalue weighted by atomic mass is 10.3. The van der Waals surface area contributed by atoms with Gasteiger partial charge in [0, 0.05) is 16.7 Å². The molecule has 1 heterocycles. The van der Waals surface area contributed by atoms with Crippen LogP contribution in [0.1, 0.15) is 25.7 Å². The van der Waals surface area contributed by atoms with E-state index in [1.807, 2.05) is 24.0 Å². The molecule has 88 valence electrons. The first-order chi connectivity index (χ1) is 7.84. The Bertz CT molecular complexity index is 311. The van der Waals surface area contributed by atoms with Gasteiger partial charge in [-0.3, -0.25) is 0 Å². The maximum Gasteiger partial charge on any atom is 0.0960 e. The summed E-state index contributed by atoms with van der Waals surface area (Å²) in [5, 5.41) is 4.66. The molecular formula is C12H17BrN2S. The van der Waals surface area contributed by atoms with Crippen molar-refractivity contribution in [3.8, 4) is 0 Å². The highest BCUT2D eigenvalue weighted by Crippen LogP contribution is 2.20. The summed E-state index contributed by atoms with van der Waals surface area (Å²) < 4.78 is 1.05. The summed E-state index contributed by atoms with van der Waals surface area (Å²) in [5.74, 6) is 1.17. The number of nitrogens with zero attached hydrogens (tertiary/aromatic N) is 1. The van der Waals surface area contributed by atoms with Gasteiger partial charge in [0.2, 0.25) is 0 Å². The van der Waals surface area contributed by atoms with Crippen LogP contribution in [-0.2, 0) is 0 Å². The lowest BCUT2D eigenvalue weighted by molar-refractivity contribution is 0.640. The van der Waals surface area contributed by atoms with E-state index in [-0.39, 0.29) is 0 Å². The molecule has 16 heavy (non-hydrogen) atoms. The van der Waals surface area contributed by atoms with E-state index in [0.717, 1.165) is 15.5 Å². The number of aromatic nitrogens is 1. The number of hydrogen-bond acceptors (Lipinski definition) is 3. The van der Waals surface area contributed by atoms with E-state index in [4.69, 9.17) is 0 Å². The number of thioether (sulfide) groups is 1. The third kappa shape index (κ3) is 4.85. The molecule has 4 heteroatoms. The zero-order valence-electron chi connectivity index (χ0n) is 9.29. The molecule has 1 saturated carbocycles. The van der Waals surface area contributed by atoms with Crippen molar-refractivity contribution in [2.75, 3.05) is 12.3 Å². The number of unbranched alkanes of at least 4 members (excludes halogenated alkanes) is 1. The molecule has 1 aliphatic carbocycles. The quantitative estimate of drug-likeness (QED) is 0.616. The van der Waals surface area contributed by atoms with Gasteiger partial charge in [-0.1, -0.05) is 0 Å². The van der Waals surface area contributed by atoms with Gasteiger partial charge in [0.05, 0.1) is 5.03 Å². The predicted octanol–water partition coefficient (Wildman–Crippen LogP) is 3.47. The van der Waals surface area contributed by atoms with Crippen LogP contribution < -0.4 is 5.32 Å². The van der Waals surface area contributed by atoms with E-state index < -0.39 is 0 Å². The van der Waals surface area contributed by atoms with Crippen LogP contribution in [0.15, 0.2) is 27.8 Å². The monoisotopic (exact) mass is 300 g/mol. The fraction of sp³-hybridized carbons (Fsp3) is 0.583. The molecule has 0 spiro atoms. The number of hydrogen-bond donors (Lipinski definition) is 1. The van der Waals surface area contributed by atoms with E-state index in [0.29, 0.717) is 0 Å². The number of nitrogens with one attached hydrogen (secondary N) is 1. The van der Waals surface area contributed by atoms with Gasteiger partial charge in [-0.25, -0.2) is 4.98 Å². The molecular weight excluding hydrogens is 284 g/mol. The minimum atomic E-state index is 0.848. The van der Waals surface area contributed by atoms with Gasteiger partial charge >= 0.3 is 0 Å². The number of halogens is 1. The van der Waals surface area contributed by atoms with Crippen molar-refractivity contribution in [2.45, 2.75) is 36.8 Å². The summed E-state index contributed by atoms with van der Waals surface area (Å²) in [4.78, 5) is 4.33. The molecule has 0 bridgehead atoms. The fourth-order valence-electron chi connectivity index (χ4n) is 1.45. The van der Waals surface area contributed by atoms with Gasteiger partial charge in [0.25, 0.3) is 0 Å². The van der Waals surface area contributed by atoms with Crippen molar-refractivity contribution in [1.82, 2.24) is 10.3 Å². The Morgan fingerprint density at radius 1 is 1.38 bits per heavy atom. The van der Waals surface area contributed by atoms with Crippen LogP contribution in [0.4, 0.5) is 0 Å². The summed E-state index contributed by atoms with van der Waals surface area (Å²) in [6.07, 6.45) is 7.17. The zero-order chi connectivity index (χ0) is 11.2. The highest BCUT2D eigenvalue weighted by molar-refractivity contribution is 9.10. The van der Waals surface area contributed by atoms with E-state index >= 15 is 0 Å².